The van der Waals surface area contributed by atoms with Crippen molar-refractivity contribution < 1.29 is 14.0 Å². The maximum atomic E-state index is 12.2. The first-order valence-electron chi connectivity index (χ1n) is 7.32. The largest absolute Gasteiger partial charge is 0.459 e. The number of nitrogens with zero attached hydrogens (tertiary/aromatic N) is 3. The van der Waals surface area contributed by atoms with Crippen LogP contribution in [-0.4, -0.2) is 46.2 Å². The summed E-state index contributed by atoms with van der Waals surface area (Å²) in [5.41, 5.74) is 0. The maximum absolute atomic E-state index is 12.2. The number of hydrogen-bond donors (Lipinski definition) is 2. The summed E-state index contributed by atoms with van der Waals surface area (Å²) in [5, 5.41) is 14.5. The molecule has 8 nitrogen and oxygen atoms in total. The molecule has 1 aliphatic heterocycles. The fourth-order valence-corrected chi connectivity index (χ4v) is 3.04. The number of rotatable bonds is 3. The molecule has 0 unspecified atom stereocenters. The van der Waals surface area contributed by atoms with Crippen molar-refractivity contribution in [1.29, 1.82) is 0 Å². The molecule has 0 atom stereocenters. The van der Waals surface area contributed by atoms with Gasteiger partial charge in [0.05, 0.1) is 6.26 Å². The molecule has 3 amide bonds. The van der Waals surface area contributed by atoms with Crippen molar-refractivity contribution in [3.05, 3.63) is 29.2 Å². The lowest BCUT2D eigenvalue weighted by atomic mass is 10.1. The van der Waals surface area contributed by atoms with Crippen LogP contribution in [0, 0.1) is 6.92 Å². The molecular weight excluding hydrogens is 318 g/mol. The highest BCUT2D eigenvalue weighted by molar-refractivity contribution is 7.15. The van der Waals surface area contributed by atoms with Crippen molar-refractivity contribution in [1.82, 2.24) is 20.4 Å². The number of hydrogen-bond acceptors (Lipinski definition) is 6. The van der Waals surface area contributed by atoms with Crippen LogP contribution in [0.3, 0.4) is 0 Å². The Morgan fingerprint density at radius 1 is 1.35 bits per heavy atom. The van der Waals surface area contributed by atoms with Gasteiger partial charge in [-0.2, -0.15) is 0 Å². The average Bonchev–Trinajstić information content (AvgIpc) is 3.19. The summed E-state index contributed by atoms with van der Waals surface area (Å²) in [6.07, 6.45) is 2.89. The number of aryl methyl sites for hydroxylation is 1. The van der Waals surface area contributed by atoms with Gasteiger partial charge in [0, 0.05) is 19.1 Å². The zero-order valence-corrected chi connectivity index (χ0v) is 13.4. The maximum Gasteiger partial charge on any atom is 0.321 e. The lowest BCUT2D eigenvalue weighted by Crippen LogP contribution is -2.47. The Bertz CT molecular complexity index is 676. The molecule has 1 saturated heterocycles. The molecule has 0 spiro atoms. The Kier molecular flexibility index (Phi) is 4.56. The average molecular weight is 335 g/mol. The monoisotopic (exact) mass is 335 g/mol. The number of carbonyl (C=O) groups excluding carboxylic acids is 2. The van der Waals surface area contributed by atoms with Gasteiger partial charge in [0.2, 0.25) is 5.13 Å². The lowest BCUT2D eigenvalue weighted by Gasteiger charge is -2.31. The summed E-state index contributed by atoms with van der Waals surface area (Å²) in [7, 11) is 0. The molecule has 122 valence electrons. The number of amides is 3. The first-order valence-corrected chi connectivity index (χ1v) is 8.14. The number of anilines is 1. The smallest absolute Gasteiger partial charge is 0.321 e. The summed E-state index contributed by atoms with van der Waals surface area (Å²) in [6, 6.07) is 3.09. The minimum Gasteiger partial charge on any atom is -0.459 e. The van der Waals surface area contributed by atoms with E-state index in [-0.39, 0.29) is 18.0 Å². The van der Waals surface area contributed by atoms with Crippen LogP contribution in [0.25, 0.3) is 0 Å². The molecule has 2 aromatic rings. The van der Waals surface area contributed by atoms with Crippen molar-refractivity contribution in [2.75, 3.05) is 18.4 Å². The Balaban J connectivity index is 1.45. The SMILES string of the molecule is Cc1nnc(NC(=O)NC2CCN(C(=O)c3ccco3)CC2)s1. The minimum absolute atomic E-state index is 0.0321. The van der Waals surface area contributed by atoms with Gasteiger partial charge in [-0.05, 0) is 31.9 Å². The first kappa shape index (κ1) is 15.5. The summed E-state index contributed by atoms with van der Waals surface area (Å²) >= 11 is 1.32. The van der Waals surface area contributed by atoms with Crippen molar-refractivity contribution in [2.45, 2.75) is 25.8 Å². The van der Waals surface area contributed by atoms with Gasteiger partial charge in [0.25, 0.3) is 5.91 Å². The molecule has 1 aliphatic rings. The van der Waals surface area contributed by atoms with Gasteiger partial charge >= 0.3 is 6.03 Å². The number of nitrogens with one attached hydrogen (secondary N) is 2. The van der Waals surface area contributed by atoms with Gasteiger partial charge in [-0.15, -0.1) is 10.2 Å². The topological polar surface area (TPSA) is 100 Å². The normalized spacial score (nSPS) is 15.4. The molecule has 2 N–H and O–H groups in total. The highest BCUT2D eigenvalue weighted by atomic mass is 32.1. The predicted molar refractivity (Wildman–Crippen MR) is 84.4 cm³/mol. The first-order chi connectivity index (χ1) is 11.1. The van der Waals surface area contributed by atoms with Crippen LogP contribution in [-0.2, 0) is 0 Å². The predicted octanol–water partition coefficient (Wildman–Crippen LogP) is 1.87. The van der Waals surface area contributed by atoms with Gasteiger partial charge in [0.1, 0.15) is 5.01 Å². The third-order valence-corrected chi connectivity index (χ3v) is 4.35. The molecule has 0 aromatic carbocycles. The molecule has 0 radical (unpaired) electrons. The molecule has 0 saturated carbocycles. The second kappa shape index (κ2) is 6.78. The van der Waals surface area contributed by atoms with Crippen LogP contribution < -0.4 is 10.6 Å². The molecule has 0 bridgehead atoms. The van der Waals surface area contributed by atoms with E-state index in [1.54, 1.807) is 17.0 Å². The number of carbonyl (C=O) groups is 2. The van der Waals surface area contributed by atoms with Crippen LogP contribution in [0.5, 0.6) is 0 Å². The molecular formula is C14H17N5O3S. The highest BCUT2D eigenvalue weighted by Gasteiger charge is 2.25. The van der Waals surface area contributed by atoms with E-state index in [0.29, 0.717) is 36.8 Å². The van der Waals surface area contributed by atoms with E-state index in [9.17, 15) is 9.59 Å². The van der Waals surface area contributed by atoms with E-state index in [1.807, 2.05) is 6.92 Å². The van der Waals surface area contributed by atoms with Crippen LogP contribution >= 0.6 is 11.3 Å². The number of furan rings is 1. The molecule has 0 aliphatic carbocycles. The second-order valence-corrected chi connectivity index (χ2v) is 6.45. The summed E-state index contributed by atoms with van der Waals surface area (Å²) in [5.74, 6) is 0.239. The molecule has 23 heavy (non-hydrogen) atoms. The number of urea groups is 1. The zero-order valence-electron chi connectivity index (χ0n) is 12.6. The highest BCUT2D eigenvalue weighted by Crippen LogP contribution is 2.16. The van der Waals surface area contributed by atoms with Crippen molar-refractivity contribution in [3.63, 3.8) is 0 Å². The molecule has 1 fully saturated rings. The Hall–Kier alpha value is -2.42. The number of likely N-dealkylation sites (tertiary alicyclic amines) is 1. The summed E-state index contributed by atoms with van der Waals surface area (Å²) in [6.45, 7) is 3.00. The van der Waals surface area contributed by atoms with Gasteiger partial charge < -0.3 is 14.6 Å². The van der Waals surface area contributed by atoms with Gasteiger partial charge in [-0.3, -0.25) is 10.1 Å². The quantitative estimate of drug-likeness (QED) is 0.892. The summed E-state index contributed by atoms with van der Waals surface area (Å²) < 4.78 is 5.13. The van der Waals surface area contributed by atoms with Gasteiger partial charge in [-0.1, -0.05) is 11.3 Å². The van der Waals surface area contributed by atoms with Crippen molar-refractivity contribution in [3.8, 4) is 0 Å². The van der Waals surface area contributed by atoms with Gasteiger partial charge in [-0.25, -0.2) is 4.79 Å². The Morgan fingerprint density at radius 2 is 2.13 bits per heavy atom. The van der Waals surface area contributed by atoms with Crippen molar-refractivity contribution in [2.24, 2.45) is 0 Å². The third kappa shape index (κ3) is 3.86. The Labute approximate surface area is 136 Å². The molecule has 3 heterocycles. The van der Waals surface area contributed by atoms with Crippen molar-refractivity contribution >= 4 is 28.4 Å². The van der Waals surface area contributed by atoms with Crippen LogP contribution in [0.2, 0.25) is 0 Å². The standard InChI is InChI=1S/C14H17N5O3S/c1-9-17-18-14(23-9)16-13(21)15-10-4-6-19(7-5-10)12(20)11-3-2-8-22-11/h2-3,8,10H,4-7H2,1H3,(H2,15,16,18,21). The van der Waals surface area contributed by atoms with E-state index < -0.39 is 0 Å². The molecule has 3 rings (SSSR count). The van der Waals surface area contributed by atoms with E-state index >= 15 is 0 Å². The van der Waals surface area contributed by atoms with E-state index in [1.165, 1.54) is 17.6 Å². The fourth-order valence-electron chi connectivity index (χ4n) is 2.45. The van der Waals surface area contributed by atoms with E-state index in [0.717, 1.165) is 5.01 Å². The number of aromatic nitrogens is 2. The molecule has 2 aromatic heterocycles. The van der Waals surface area contributed by atoms with Crippen LogP contribution in [0.4, 0.5) is 9.93 Å². The number of piperidine rings is 1. The fraction of sp³-hybridized carbons (Fsp3) is 0.429. The van der Waals surface area contributed by atoms with Gasteiger partial charge in [0.15, 0.2) is 5.76 Å². The Morgan fingerprint density at radius 3 is 2.74 bits per heavy atom. The van der Waals surface area contributed by atoms with E-state index in [2.05, 4.69) is 20.8 Å². The lowest BCUT2D eigenvalue weighted by molar-refractivity contribution is 0.0676. The van der Waals surface area contributed by atoms with Crippen LogP contribution in [0.1, 0.15) is 28.4 Å². The zero-order chi connectivity index (χ0) is 16.2. The third-order valence-electron chi connectivity index (χ3n) is 3.60. The van der Waals surface area contributed by atoms with E-state index in [4.69, 9.17) is 4.42 Å². The minimum atomic E-state index is -0.294. The van der Waals surface area contributed by atoms with Crippen LogP contribution in [0.15, 0.2) is 22.8 Å². The molecule has 9 heteroatoms. The second-order valence-electron chi connectivity index (χ2n) is 5.27. The summed E-state index contributed by atoms with van der Waals surface area (Å²) in [4.78, 5) is 25.8.